The average Bonchev–Trinajstić information content (AvgIpc) is 2.65. The molecule has 1 aliphatic rings. The van der Waals surface area contributed by atoms with Crippen LogP contribution in [0.3, 0.4) is 0 Å². The van der Waals surface area contributed by atoms with Gasteiger partial charge in [-0.25, -0.2) is 17.2 Å². The summed E-state index contributed by atoms with van der Waals surface area (Å²) in [6.07, 6.45) is 0. The Balaban J connectivity index is 1.89. The number of nitrogens with one attached hydrogen (secondary N) is 1. The lowest BCUT2D eigenvalue weighted by molar-refractivity contribution is 0.0730. The van der Waals surface area contributed by atoms with Crippen molar-refractivity contribution in [1.29, 1.82) is 0 Å². The molecule has 6 nitrogen and oxygen atoms in total. The molecule has 2 aromatic carbocycles. The van der Waals surface area contributed by atoms with E-state index in [0.717, 1.165) is 24.3 Å². The largest absolute Gasteiger partial charge is 0.379 e. The Morgan fingerprint density at radius 3 is 2.44 bits per heavy atom. The second-order valence-corrected chi connectivity index (χ2v) is 8.11. The molecule has 3 rings (SSSR count). The fourth-order valence-electron chi connectivity index (χ4n) is 2.56. The van der Waals surface area contributed by atoms with Crippen molar-refractivity contribution in [2.75, 3.05) is 31.6 Å². The fourth-order valence-corrected chi connectivity index (χ4v) is 4.15. The Bertz CT molecular complexity index is 979. The van der Waals surface area contributed by atoms with E-state index in [1.54, 1.807) is 0 Å². The molecule has 1 amide bonds. The molecule has 0 unspecified atom stereocenters. The van der Waals surface area contributed by atoms with Crippen LogP contribution in [0.2, 0.25) is 5.02 Å². The number of nitrogens with zero attached hydrogens (tertiary/aromatic N) is 1. The minimum Gasteiger partial charge on any atom is -0.379 e. The number of carbonyl (C=O) groups excluding carboxylic acids is 1. The highest BCUT2D eigenvalue weighted by molar-refractivity contribution is 7.89. The third-order valence-electron chi connectivity index (χ3n) is 3.97. The second-order valence-electron chi connectivity index (χ2n) is 5.74. The van der Waals surface area contributed by atoms with Crippen molar-refractivity contribution in [3.05, 3.63) is 58.6 Å². The molecule has 0 bridgehead atoms. The van der Waals surface area contributed by atoms with Gasteiger partial charge in [0, 0.05) is 18.1 Å². The van der Waals surface area contributed by atoms with Gasteiger partial charge in [0.25, 0.3) is 5.91 Å². The van der Waals surface area contributed by atoms with E-state index in [0.29, 0.717) is 0 Å². The highest BCUT2D eigenvalue weighted by Crippen LogP contribution is 2.23. The van der Waals surface area contributed by atoms with Crippen LogP contribution >= 0.6 is 11.6 Å². The Morgan fingerprint density at radius 1 is 1.07 bits per heavy atom. The quantitative estimate of drug-likeness (QED) is 0.831. The van der Waals surface area contributed by atoms with Crippen LogP contribution in [0.5, 0.6) is 0 Å². The lowest BCUT2D eigenvalue weighted by Gasteiger charge is -2.26. The Kier molecular flexibility index (Phi) is 5.75. The summed E-state index contributed by atoms with van der Waals surface area (Å²) in [6, 6.07) is 6.48. The SMILES string of the molecule is O=C(Nc1ccc(Cl)cc1F)c1cc(S(=O)(=O)N2CCOCC2)ccc1F. The van der Waals surface area contributed by atoms with E-state index >= 15 is 0 Å². The monoisotopic (exact) mass is 416 g/mol. The van der Waals surface area contributed by atoms with E-state index in [9.17, 15) is 22.0 Å². The summed E-state index contributed by atoms with van der Waals surface area (Å²) in [6.45, 7) is 0.835. The molecule has 2 aromatic rings. The summed E-state index contributed by atoms with van der Waals surface area (Å²) in [4.78, 5) is 12.1. The van der Waals surface area contributed by atoms with Gasteiger partial charge in [-0.3, -0.25) is 4.79 Å². The standard InChI is InChI=1S/C17H15ClF2N2O4S/c18-11-1-4-16(15(20)9-11)21-17(23)13-10-12(2-3-14(13)19)27(24,25)22-5-7-26-8-6-22/h1-4,9-10H,5-8H2,(H,21,23). The van der Waals surface area contributed by atoms with Gasteiger partial charge in [-0.15, -0.1) is 0 Å². The first-order valence-electron chi connectivity index (χ1n) is 7.93. The zero-order valence-electron chi connectivity index (χ0n) is 13.9. The molecular weight excluding hydrogens is 402 g/mol. The molecule has 0 saturated carbocycles. The third-order valence-corrected chi connectivity index (χ3v) is 6.10. The molecule has 0 spiro atoms. The van der Waals surface area contributed by atoms with Gasteiger partial charge in [-0.1, -0.05) is 11.6 Å². The van der Waals surface area contributed by atoms with E-state index in [1.165, 1.54) is 16.4 Å². The summed E-state index contributed by atoms with van der Waals surface area (Å²) in [5.41, 5.74) is -0.719. The smallest absolute Gasteiger partial charge is 0.258 e. The summed E-state index contributed by atoms with van der Waals surface area (Å²) in [5, 5.41) is 2.35. The molecular formula is C17H15ClF2N2O4S. The van der Waals surface area contributed by atoms with E-state index in [-0.39, 0.29) is 41.9 Å². The van der Waals surface area contributed by atoms with Crippen molar-refractivity contribution in [3.8, 4) is 0 Å². The van der Waals surface area contributed by atoms with Crippen molar-refractivity contribution in [1.82, 2.24) is 4.31 Å². The number of carbonyl (C=O) groups is 1. The number of sulfonamides is 1. The minimum absolute atomic E-state index is 0.135. The maximum Gasteiger partial charge on any atom is 0.258 e. The average molecular weight is 417 g/mol. The van der Waals surface area contributed by atoms with Gasteiger partial charge >= 0.3 is 0 Å². The van der Waals surface area contributed by atoms with Gasteiger partial charge in [-0.2, -0.15) is 4.31 Å². The highest BCUT2D eigenvalue weighted by Gasteiger charge is 2.28. The van der Waals surface area contributed by atoms with Crippen molar-refractivity contribution in [2.24, 2.45) is 0 Å². The van der Waals surface area contributed by atoms with Crippen LogP contribution in [0, 0.1) is 11.6 Å². The van der Waals surface area contributed by atoms with Crippen LogP contribution in [0.1, 0.15) is 10.4 Å². The molecule has 1 fully saturated rings. The molecule has 10 heteroatoms. The molecule has 1 saturated heterocycles. The number of morpholine rings is 1. The van der Waals surface area contributed by atoms with E-state index in [4.69, 9.17) is 16.3 Å². The van der Waals surface area contributed by atoms with Gasteiger partial charge in [-0.05, 0) is 36.4 Å². The zero-order valence-corrected chi connectivity index (χ0v) is 15.5. The first kappa shape index (κ1) is 19.7. The number of hydrogen-bond donors (Lipinski definition) is 1. The molecule has 0 aromatic heterocycles. The number of anilines is 1. The molecule has 0 radical (unpaired) electrons. The van der Waals surface area contributed by atoms with E-state index < -0.39 is 33.1 Å². The number of amides is 1. The van der Waals surface area contributed by atoms with Crippen LogP contribution in [-0.2, 0) is 14.8 Å². The molecule has 1 heterocycles. The van der Waals surface area contributed by atoms with Gasteiger partial charge in [0.15, 0.2) is 0 Å². The van der Waals surface area contributed by atoms with E-state index in [1.807, 2.05) is 0 Å². The lowest BCUT2D eigenvalue weighted by atomic mass is 10.2. The molecule has 1 N–H and O–H groups in total. The van der Waals surface area contributed by atoms with Gasteiger partial charge in [0.1, 0.15) is 11.6 Å². The van der Waals surface area contributed by atoms with Gasteiger partial charge in [0.2, 0.25) is 10.0 Å². The number of halogens is 3. The van der Waals surface area contributed by atoms with Crippen molar-refractivity contribution < 1.29 is 26.7 Å². The zero-order chi connectivity index (χ0) is 19.6. The normalized spacial score (nSPS) is 15.5. The predicted octanol–water partition coefficient (Wildman–Crippen LogP) is 2.89. The van der Waals surface area contributed by atoms with Crippen LogP contribution in [0.15, 0.2) is 41.3 Å². The van der Waals surface area contributed by atoms with E-state index in [2.05, 4.69) is 5.32 Å². The number of rotatable bonds is 4. The summed E-state index contributed by atoms with van der Waals surface area (Å²) >= 11 is 5.65. The number of benzene rings is 2. The lowest BCUT2D eigenvalue weighted by Crippen LogP contribution is -2.40. The van der Waals surface area contributed by atoms with Crippen LogP contribution in [0.4, 0.5) is 14.5 Å². The molecule has 0 atom stereocenters. The summed E-state index contributed by atoms with van der Waals surface area (Å²) in [7, 11) is -3.91. The Labute approximate surface area is 159 Å². The highest BCUT2D eigenvalue weighted by atomic mass is 35.5. The molecule has 1 aliphatic heterocycles. The Morgan fingerprint density at radius 2 is 1.78 bits per heavy atom. The van der Waals surface area contributed by atoms with Crippen molar-refractivity contribution >= 4 is 33.2 Å². The summed E-state index contributed by atoms with van der Waals surface area (Å²) in [5.74, 6) is -2.70. The first-order chi connectivity index (χ1) is 12.8. The fraction of sp³-hybridized carbons (Fsp3) is 0.235. The molecule has 0 aliphatic carbocycles. The van der Waals surface area contributed by atoms with Crippen molar-refractivity contribution in [3.63, 3.8) is 0 Å². The van der Waals surface area contributed by atoms with Crippen molar-refractivity contribution in [2.45, 2.75) is 4.90 Å². The van der Waals surface area contributed by atoms with Gasteiger partial charge < -0.3 is 10.1 Å². The van der Waals surface area contributed by atoms with Crippen LogP contribution < -0.4 is 5.32 Å². The molecule has 27 heavy (non-hydrogen) atoms. The van der Waals surface area contributed by atoms with Crippen LogP contribution in [0.25, 0.3) is 0 Å². The molecule has 144 valence electrons. The third kappa shape index (κ3) is 4.27. The van der Waals surface area contributed by atoms with Crippen LogP contribution in [-0.4, -0.2) is 44.9 Å². The summed E-state index contributed by atoms with van der Waals surface area (Å²) < 4.78 is 59.6. The predicted molar refractivity (Wildman–Crippen MR) is 95.3 cm³/mol. The topological polar surface area (TPSA) is 75.7 Å². The number of ether oxygens (including phenoxy) is 1. The maximum absolute atomic E-state index is 14.1. The first-order valence-corrected chi connectivity index (χ1v) is 9.75. The van der Waals surface area contributed by atoms with Gasteiger partial charge in [0.05, 0.1) is 29.4 Å². The second kappa shape index (κ2) is 7.89. The Hall–Kier alpha value is -2.07. The maximum atomic E-state index is 14.1. The number of hydrogen-bond acceptors (Lipinski definition) is 4. The minimum atomic E-state index is -3.91.